The third-order valence-electron chi connectivity index (χ3n) is 14.5. The molecule has 24 heteroatoms. The summed E-state index contributed by atoms with van der Waals surface area (Å²) < 4.78 is 134. The summed E-state index contributed by atoms with van der Waals surface area (Å²) in [6.07, 6.45) is 8.33. The van der Waals surface area contributed by atoms with Crippen LogP contribution in [0, 0.1) is 5.41 Å². The van der Waals surface area contributed by atoms with E-state index in [1.807, 2.05) is 38.3 Å². The zero-order valence-electron chi connectivity index (χ0n) is 43.8. The number of carbonyl (C=O) groups is 3. The minimum absolute atomic E-state index is 0.0427. The van der Waals surface area contributed by atoms with Crippen molar-refractivity contribution in [2.75, 3.05) is 43.1 Å². The summed E-state index contributed by atoms with van der Waals surface area (Å²) in [6, 6.07) is 21.9. The highest BCUT2D eigenvalue weighted by atomic mass is 79.9. The summed E-state index contributed by atoms with van der Waals surface area (Å²) in [7, 11) is -16.2. The summed E-state index contributed by atoms with van der Waals surface area (Å²) in [5.74, 6) is -3.21. The number of halogens is 2. The van der Waals surface area contributed by atoms with Gasteiger partial charge in [0.15, 0.2) is 17.3 Å². The molecule has 0 amide bonds. The van der Waals surface area contributed by atoms with E-state index in [-0.39, 0.29) is 79.1 Å². The van der Waals surface area contributed by atoms with Crippen molar-refractivity contribution in [3.05, 3.63) is 163 Å². The van der Waals surface area contributed by atoms with Crippen molar-refractivity contribution in [3.8, 4) is 0 Å². The zero-order chi connectivity index (χ0) is 58.3. The fraction of sp³-hybridized carbons (Fsp3) is 0.345. The van der Waals surface area contributed by atoms with Crippen LogP contribution >= 0.6 is 31.9 Å². The summed E-state index contributed by atoms with van der Waals surface area (Å²) in [5.41, 5.74) is 0.885. The highest BCUT2D eigenvalue weighted by Gasteiger charge is 2.50. The van der Waals surface area contributed by atoms with Gasteiger partial charge in [0.1, 0.15) is 12.0 Å². The Labute approximate surface area is 477 Å². The first-order valence-electron chi connectivity index (χ1n) is 24.8. The van der Waals surface area contributed by atoms with Gasteiger partial charge >= 0.3 is 5.97 Å². The Balaban J connectivity index is 1.42. The van der Waals surface area contributed by atoms with E-state index in [4.69, 9.17) is 5.11 Å². The standard InChI is InChI=1S/C55H59Br2N3O15S4/c1-53(2)44-32-42(78(71,72)58(5)26-6-9-50(61)62)20-22-46(44)59(27-7-29-76(65,66)67)48(53)24-10-36-31-37(35-55(34-36,51(63)38-12-16-40(56)17-13-38)52(64)39-14-18-41(57)19-15-39)11-25-49-54(3,4)45-33-43(79(73,74)75)21-23-47(45)60(49)28-8-30-77(68,69)70/h10-25,31-33H,6-9,26-30,34-35H2,1-5H3,(H3-,61,62,65,66,67,68,69,70,73,74,75)/p+1. The van der Waals surface area contributed by atoms with Crippen molar-refractivity contribution < 1.29 is 71.4 Å². The number of allylic oxidation sites excluding steroid dienone is 8. The van der Waals surface area contributed by atoms with Crippen LogP contribution in [0.25, 0.3) is 0 Å². The van der Waals surface area contributed by atoms with Crippen LogP contribution in [0.1, 0.15) is 98.1 Å². The lowest BCUT2D eigenvalue weighted by atomic mass is 9.64. The summed E-state index contributed by atoms with van der Waals surface area (Å²) in [5, 5.41) is 9.17. The molecule has 2 heterocycles. The molecule has 79 heavy (non-hydrogen) atoms. The first-order valence-corrected chi connectivity index (χ1v) is 32.5. The number of nitrogens with zero attached hydrogens (tertiary/aromatic N) is 3. The second-order valence-corrected chi connectivity index (χ2v) is 29.3. The molecular weight excluding hydrogens is 1230 g/mol. The van der Waals surface area contributed by atoms with Crippen LogP contribution in [0.15, 0.2) is 151 Å². The van der Waals surface area contributed by atoms with Crippen LogP contribution in [-0.2, 0) is 56.0 Å². The molecule has 18 nitrogen and oxygen atoms in total. The van der Waals surface area contributed by atoms with Crippen LogP contribution in [0.5, 0.6) is 0 Å². The largest absolute Gasteiger partial charge is 0.481 e. The fourth-order valence-corrected chi connectivity index (χ4v) is 13.8. The van der Waals surface area contributed by atoms with Gasteiger partial charge in [0.2, 0.25) is 15.7 Å². The molecule has 0 fully saturated rings. The molecule has 422 valence electrons. The van der Waals surface area contributed by atoms with E-state index in [1.165, 1.54) is 37.4 Å². The molecule has 0 atom stereocenters. The number of rotatable bonds is 22. The van der Waals surface area contributed by atoms with Crippen LogP contribution < -0.4 is 4.90 Å². The lowest BCUT2D eigenvalue weighted by Crippen LogP contribution is -2.42. The number of aliphatic carboxylic acids is 1. The average molecular weight is 1290 g/mol. The van der Waals surface area contributed by atoms with E-state index in [9.17, 15) is 52.1 Å². The summed E-state index contributed by atoms with van der Waals surface area (Å²) in [4.78, 5) is 43.5. The molecule has 3 aliphatic rings. The SMILES string of the molecule is CN(CCCC(=O)O)S(=O)(=O)c1ccc2c(c1)C(C)(C)C(/C=C/C1=CC(=C/C=C3/N(CCCS(=O)(=O)O)c4ccc(S(=O)(=O)O)cc4C3(C)C)/CC(C(=O)c3ccc(Br)cc3)(C(=O)c3ccc(Br)cc3)C1)=[N+]2CCCS(=O)(=O)O. The van der Waals surface area contributed by atoms with Gasteiger partial charge in [0.05, 0.1) is 26.7 Å². The number of anilines is 1. The first-order chi connectivity index (χ1) is 36.7. The Morgan fingerprint density at radius 1 is 0.684 bits per heavy atom. The molecular formula is C55H60Br2N3O15S4+. The minimum atomic E-state index is -4.65. The maximum atomic E-state index is 15.4. The maximum absolute atomic E-state index is 15.4. The van der Waals surface area contributed by atoms with E-state index in [2.05, 4.69) is 31.9 Å². The molecule has 0 radical (unpaired) electrons. The number of benzene rings is 4. The number of hydrogen-bond donors (Lipinski definition) is 4. The van der Waals surface area contributed by atoms with Crippen molar-refractivity contribution in [1.29, 1.82) is 0 Å². The smallest absolute Gasteiger partial charge is 0.303 e. The number of carboxylic acids is 1. The maximum Gasteiger partial charge on any atom is 0.303 e. The zero-order valence-corrected chi connectivity index (χ0v) is 50.2. The molecule has 1 aliphatic carbocycles. The number of Topliss-reactive ketones (excluding diaryl/α,β-unsaturated/α-hetero) is 2. The van der Waals surface area contributed by atoms with Gasteiger partial charge in [0.25, 0.3) is 30.4 Å². The van der Waals surface area contributed by atoms with E-state index in [0.29, 0.717) is 54.0 Å². The predicted octanol–water partition coefficient (Wildman–Crippen LogP) is 9.51. The molecule has 0 spiro atoms. The lowest BCUT2D eigenvalue weighted by Gasteiger charge is -2.35. The summed E-state index contributed by atoms with van der Waals surface area (Å²) in [6.45, 7) is 7.37. The van der Waals surface area contributed by atoms with Crippen molar-refractivity contribution in [3.63, 3.8) is 0 Å². The summed E-state index contributed by atoms with van der Waals surface area (Å²) >= 11 is 6.89. The van der Waals surface area contributed by atoms with Gasteiger partial charge in [-0.25, -0.2) is 12.7 Å². The van der Waals surface area contributed by atoms with Crippen LogP contribution in [0.3, 0.4) is 0 Å². The molecule has 4 N–H and O–H groups in total. The lowest BCUT2D eigenvalue weighted by molar-refractivity contribution is -0.437. The van der Waals surface area contributed by atoms with Gasteiger partial charge in [-0.1, -0.05) is 88.2 Å². The molecule has 0 saturated carbocycles. The van der Waals surface area contributed by atoms with Crippen LogP contribution in [0.2, 0.25) is 0 Å². The third-order valence-corrected chi connectivity index (χ3v) is 19.9. The topological polar surface area (TPSA) is 278 Å². The number of ketones is 2. The van der Waals surface area contributed by atoms with E-state index >= 15 is 9.59 Å². The normalized spacial score (nSPS) is 18.1. The molecule has 0 saturated heterocycles. The van der Waals surface area contributed by atoms with Crippen molar-refractivity contribution >= 4 is 107 Å². The minimum Gasteiger partial charge on any atom is -0.481 e. The number of fused-ring (bicyclic) bond motifs is 2. The Morgan fingerprint density at radius 2 is 1.24 bits per heavy atom. The van der Waals surface area contributed by atoms with Gasteiger partial charge in [0, 0.05) is 87.6 Å². The molecule has 0 unspecified atom stereocenters. The van der Waals surface area contributed by atoms with Crippen LogP contribution in [-0.4, -0.2) is 123 Å². The third kappa shape index (κ3) is 13.7. The number of hydrogen-bond acceptors (Lipinski definition) is 12. The molecule has 0 aromatic heterocycles. The van der Waals surface area contributed by atoms with Gasteiger partial charge in [-0.2, -0.15) is 29.8 Å². The highest BCUT2D eigenvalue weighted by Crippen LogP contribution is 2.50. The molecule has 4 aromatic rings. The van der Waals surface area contributed by atoms with Crippen molar-refractivity contribution in [1.82, 2.24) is 4.31 Å². The Morgan fingerprint density at radius 3 is 1.80 bits per heavy atom. The van der Waals surface area contributed by atoms with Crippen molar-refractivity contribution in [2.45, 2.75) is 86.8 Å². The quantitative estimate of drug-likeness (QED) is 0.0247. The average Bonchev–Trinajstić information content (AvgIpc) is 3.98. The van der Waals surface area contributed by atoms with E-state index < -0.39 is 85.7 Å². The Bertz CT molecular complexity index is 3700. The number of carbonyl (C=O) groups excluding carboxylic acids is 2. The van der Waals surface area contributed by atoms with Crippen LogP contribution in [0.4, 0.5) is 11.4 Å². The molecule has 0 bridgehead atoms. The van der Waals surface area contributed by atoms with Gasteiger partial charge < -0.3 is 10.0 Å². The van der Waals surface area contributed by atoms with Gasteiger partial charge in [-0.3, -0.25) is 28.0 Å². The van der Waals surface area contributed by atoms with Gasteiger partial charge in [-0.05, 0) is 117 Å². The highest BCUT2D eigenvalue weighted by molar-refractivity contribution is 9.10. The molecule has 7 rings (SSSR count). The van der Waals surface area contributed by atoms with E-state index in [0.717, 1.165) is 4.31 Å². The predicted molar refractivity (Wildman–Crippen MR) is 307 cm³/mol. The molecule has 4 aromatic carbocycles. The first kappa shape index (κ1) is 61.3. The monoisotopic (exact) mass is 1290 g/mol. The Hall–Kier alpha value is -5.28. The second kappa shape index (κ2) is 23.3. The number of sulfonamides is 1. The van der Waals surface area contributed by atoms with Crippen molar-refractivity contribution in [2.24, 2.45) is 5.41 Å². The fourth-order valence-electron chi connectivity index (χ4n) is 10.5. The number of carboxylic acid groups (broad SMARTS) is 1. The van der Waals surface area contributed by atoms with E-state index in [1.54, 1.807) is 83.8 Å². The van der Waals surface area contributed by atoms with Gasteiger partial charge in [-0.15, -0.1) is 0 Å². The second-order valence-electron chi connectivity index (χ2n) is 20.8. The molecule has 2 aliphatic heterocycles. The Kier molecular flexibility index (Phi) is 18.1.